The van der Waals surface area contributed by atoms with Gasteiger partial charge in [-0.1, -0.05) is 19.4 Å². The van der Waals surface area contributed by atoms with Crippen LogP contribution in [0.1, 0.15) is 30.1 Å². The van der Waals surface area contributed by atoms with E-state index in [-0.39, 0.29) is 6.03 Å². The summed E-state index contributed by atoms with van der Waals surface area (Å²) in [6, 6.07) is 5.10. The Bertz CT molecular complexity index is 557. The summed E-state index contributed by atoms with van der Waals surface area (Å²) in [5.41, 5.74) is 0.757. The number of carbonyl (C=O) groups is 3. The summed E-state index contributed by atoms with van der Waals surface area (Å²) >= 11 is 0. The van der Waals surface area contributed by atoms with Crippen molar-refractivity contribution in [1.29, 1.82) is 0 Å². The van der Waals surface area contributed by atoms with E-state index in [2.05, 4.69) is 10.6 Å². The number of carbonyl (C=O) groups excluding carboxylic acids is 2. The van der Waals surface area contributed by atoms with Crippen LogP contribution in [0.2, 0.25) is 0 Å². The van der Waals surface area contributed by atoms with Gasteiger partial charge in [-0.05, 0) is 24.6 Å². The fraction of sp³-hybridized carbons (Fsp3) is 0.400. The van der Waals surface area contributed by atoms with Gasteiger partial charge in [0, 0.05) is 25.3 Å². The quantitative estimate of drug-likeness (QED) is 0.745. The third-order valence-electron chi connectivity index (χ3n) is 2.96. The van der Waals surface area contributed by atoms with Crippen LogP contribution in [0.4, 0.5) is 10.5 Å². The second-order valence-electron chi connectivity index (χ2n) is 5.06. The molecule has 1 aromatic rings. The molecule has 0 saturated carbocycles. The van der Waals surface area contributed by atoms with Crippen molar-refractivity contribution in [1.82, 2.24) is 10.2 Å². The van der Waals surface area contributed by atoms with Crippen LogP contribution in [0.5, 0.6) is 0 Å². The zero-order valence-electron chi connectivity index (χ0n) is 12.9. The zero-order valence-corrected chi connectivity index (χ0v) is 12.9. The molecule has 0 aliphatic heterocycles. The van der Waals surface area contributed by atoms with Gasteiger partial charge >= 0.3 is 12.0 Å². The number of aliphatic carboxylic acids is 1. The molecule has 0 aliphatic rings. The van der Waals surface area contributed by atoms with Gasteiger partial charge < -0.3 is 20.6 Å². The Morgan fingerprint density at radius 2 is 1.95 bits per heavy atom. The zero-order chi connectivity index (χ0) is 16.7. The minimum Gasteiger partial charge on any atom is -0.480 e. The van der Waals surface area contributed by atoms with E-state index in [1.165, 1.54) is 11.0 Å². The molecule has 7 heteroatoms. The maximum atomic E-state index is 12.1. The molecule has 0 saturated heterocycles. The molecule has 22 heavy (non-hydrogen) atoms. The highest BCUT2D eigenvalue weighted by atomic mass is 16.4. The first-order valence-electron chi connectivity index (χ1n) is 6.97. The molecule has 1 atom stereocenters. The van der Waals surface area contributed by atoms with Crippen molar-refractivity contribution < 1.29 is 19.5 Å². The van der Waals surface area contributed by atoms with Crippen molar-refractivity contribution in [3.8, 4) is 0 Å². The van der Waals surface area contributed by atoms with E-state index in [0.717, 1.165) is 0 Å². The topological polar surface area (TPSA) is 98.7 Å². The van der Waals surface area contributed by atoms with E-state index in [1.54, 1.807) is 32.3 Å². The maximum absolute atomic E-state index is 12.1. The Kier molecular flexibility index (Phi) is 6.37. The standard InChI is InChI=1S/C15H21N3O4/c1-4-6-12(14(20)21)17-13(19)10-7-5-8-11(9-10)16-15(22)18(2)3/h5,7-9,12H,4,6H2,1-3H3,(H,16,22)(H,17,19)(H,20,21). The lowest BCUT2D eigenvalue weighted by atomic mass is 10.1. The van der Waals surface area contributed by atoms with Crippen molar-refractivity contribution in [3.05, 3.63) is 29.8 Å². The summed E-state index contributed by atoms with van der Waals surface area (Å²) in [7, 11) is 3.21. The van der Waals surface area contributed by atoms with Gasteiger partial charge in [-0.2, -0.15) is 0 Å². The number of nitrogens with zero attached hydrogens (tertiary/aromatic N) is 1. The second kappa shape index (κ2) is 8.02. The molecular formula is C15H21N3O4. The fourth-order valence-corrected chi connectivity index (χ4v) is 1.76. The lowest BCUT2D eigenvalue weighted by Gasteiger charge is -2.15. The minimum atomic E-state index is -1.06. The third-order valence-corrected chi connectivity index (χ3v) is 2.96. The number of benzene rings is 1. The van der Waals surface area contributed by atoms with Crippen LogP contribution in [0.3, 0.4) is 0 Å². The summed E-state index contributed by atoms with van der Waals surface area (Å²) in [5.74, 6) is -1.55. The van der Waals surface area contributed by atoms with Gasteiger partial charge in [0.1, 0.15) is 6.04 Å². The summed E-state index contributed by atoms with van der Waals surface area (Å²) in [4.78, 5) is 36.1. The molecular weight excluding hydrogens is 286 g/mol. The molecule has 0 fully saturated rings. The third kappa shape index (κ3) is 5.08. The van der Waals surface area contributed by atoms with Gasteiger partial charge in [0.15, 0.2) is 0 Å². The van der Waals surface area contributed by atoms with E-state index in [9.17, 15) is 14.4 Å². The largest absolute Gasteiger partial charge is 0.480 e. The molecule has 0 aliphatic carbocycles. The summed E-state index contributed by atoms with van der Waals surface area (Å²) in [5, 5.41) is 14.2. The van der Waals surface area contributed by atoms with Crippen molar-refractivity contribution in [2.45, 2.75) is 25.8 Å². The number of carboxylic acid groups (broad SMARTS) is 1. The molecule has 1 unspecified atom stereocenters. The number of hydrogen-bond acceptors (Lipinski definition) is 3. The highest BCUT2D eigenvalue weighted by molar-refractivity contribution is 5.98. The van der Waals surface area contributed by atoms with Gasteiger partial charge in [0.05, 0.1) is 0 Å². The summed E-state index contributed by atoms with van der Waals surface area (Å²) in [6.45, 7) is 1.85. The first-order valence-corrected chi connectivity index (χ1v) is 6.97. The molecule has 120 valence electrons. The molecule has 1 aromatic carbocycles. The molecule has 0 heterocycles. The van der Waals surface area contributed by atoms with Gasteiger partial charge in [-0.3, -0.25) is 4.79 Å². The normalized spacial score (nSPS) is 11.4. The Morgan fingerprint density at radius 3 is 2.50 bits per heavy atom. The predicted octanol–water partition coefficient (Wildman–Crippen LogP) is 1.76. The van der Waals surface area contributed by atoms with Gasteiger partial charge in [-0.25, -0.2) is 9.59 Å². The van der Waals surface area contributed by atoms with Crippen LogP contribution in [0, 0.1) is 0 Å². The van der Waals surface area contributed by atoms with Crippen molar-refractivity contribution in [3.63, 3.8) is 0 Å². The molecule has 3 amide bonds. The number of urea groups is 1. The van der Waals surface area contributed by atoms with Crippen LogP contribution < -0.4 is 10.6 Å². The van der Waals surface area contributed by atoms with E-state index in [1.807, 2.05) is 6.92 Å². The van der Waals surface area contributed by atoms with Gasteiger partial charge in [0.2, 0.25) is 0 Å². The summed E-state index contributed by atoms with van der Waals surface area (Å²) in [6.07, 6.45) is 1.01. The number of carboxylic acids is 1. The Morgan fingerprint density at radius 1 is 1.27 bits per heavy atom. The van der Waals surface area contributed by atoms with Gasteiger partial charge in [-0.15, -0.1) is 0 Å². The molecule has 0 radical (unpaired) electrons. The van der Waals surface area contributed by atoms with E-state index in [4.69, 9.17) is 5.11 Å². The van der Waals surface area contributed by atoms with Crippen molar-refractivity contribution in [2.24, 2.45) is 0 Å². The van der Waals surface area contributed by atoms with E-state index in [0.29, 0.717) is 24.1 Å². The number of rotatable bonds is 6. The summed E-state index contributed by atoms with van der Waals surface area (Å²) < 4.78 is 0. The Labute approximate surface area is 129 Å². The Balaban J connectivity index is 2.81. The van der Waals surface area contributed by atoms with Crippen molar-refractivity contribution >= 4 is 23.6 Å². The monoisotopic (exact) mass is 307 g/mol. The minimum absolute atomic E-state index is 0.291. The first-order chi connectivity index (χ1) is 10.3. The highest BCUT2D eigenvalue weighted by Gasteiger charge is 2.19. The van der Waals surface area contributed by atoms with Crippen LogP contribution in [0.15, 0.2) is 24.3 Å². The van der Waals surface area contributed by atoms with E-state index >= 15 is 0 Å². The highest BCUT2D eigenvalue weighted by Crippen LogP contribution is 2.12. The Hall–Kier alpha value is -2.57. The lowest BCUT2D eigenvalue weighted by Crippen LogP contribution is -2.40. The average Bonchev–Trinajstić information content (AvgIpc) is 2.46. The molecule has 7 nitrogen and oxygen atoms in total. The fourth-order valence-electron chi connectivity index (χ4n) is 1.76. The molecule has 0 aromatic heterocycles. The van der Waals surface area contributed by atoms with Crippen LogP contribution in [-0.4, -0.2) is 48.1 Å². The molecule has 0 bridgehead atoms. The van der Waals surface area contributed by atoms with Crippen LogP contribution >= 0.6 is 0 Å². The first kappa shape index (κ1) is 17.5. The maximum Gasteiger partial charge on any atom is 0.326 e. The SMILES string of the molecule is CCCC(NC(=O)c1cccc(NC(=O)N(C)C)c1)C(=O)O. The number of hydrogen-bond donors (Lipinski definition) is 3. The molecule has 1 rings (SSSR count). The smallest absolute Gasteiger partial charge is 0.326 e. The average molecular weight is 307 g/mol. The molecule has 3 N–H and O–H groups in total. The van der Waals surface area contributed by atoms with Gasteiger partial charge in [0.25, 0.3) is 5.91 Å². The van der Waals surface area contributed by atoms with E-state index < -0.39 is 17.9 Å². The van der Waals surface area contributed by atoms with Crippen LogP contribution in [0.25, 0.3) is 0 Å². The number of nitrogens with one attached hydrogen (secondary N) is 2. The number of anilines is 1. The second-order valence-corrected chi connectivity index (χ2v) is 5.06. The predicted molar refractivity (Wildman–Crippen MR) is 82.9 cm³/mol. The number of amides is 3. The van der Waals surface area contributed by atoms with Crippen molar-refractivity contribution in [2.75, 3.05) is 19.4 Å². The van der Waals surface area contributed by atoms with Crippen LogP contribution in [-0.2, 0) is 4.79 Å². The molecule has 0 spiro atoms. The lowest BCUT2D eigenvalue weighted by molar-refractivity contribution is -0.139.